The molecule has 0 saturated heterocycles. The highest BCUT2D eigenvalue weighted by Crippen LogP contribution is 2.26. The number of benzene rings is 1. The van der Waals surface area contributed by atoms with Crippen LogP contribution >= 0.6 is 0 Å². The van der Waals surface area contributed by atoms with Gasteiger partial charge in [0, 0.05) is 11.5 Å². The van der Waals surface area contributed by atoms with Crippen LogP contribution in [0.4, 0.5) is 0 Å². The van der Waals surface area contributed by atoms with Crippen molar-refractivity contribution in [3.05, 3.63) is 40.2 Å². The number of nitrogens with one attached hydrogen (secondary N) is 1. The van der Waals surface area contributed by atoms with E-state index < -0.39 is 0 Å². The minimum atomic E-state index is -0.102. The van der Waals surface area contributed by atoms with Gasteiger partial charge in [-0.15, -0.1) is 0 Å². The summed E-state index contributed by atoms with van der Waals surface area (Å²) in [4.78, 5) is 14.3. The van der Waals surface area contributed by atoms with Gasteiger partial charge in [-0.3, -0.25) is 4.79 Å². The van der Waals surface area contributed by atoms with Crippen LogP contribution in [0.1, 0.15) is 31.7 Å². The number of unbranched alkanes of at least 4 members (excludes halogenated alkanes) is 2. The van der Waals surface area contributed by atoms with Crippen LogP contribution in [0.5, 0.6) is 5.75 Å². The number of phenols is 1. The fourth-order valence-corrected chi connectivity index (χ4v) is 2.14. The molecule has 2 rings (SSSR count). The van der Waals surface area contributed by atoms with Gasteiger partial charge in [0.15, 0.2) is 0 Å². The molecule has 2 N–H and O–H groups in total. The van der Waals surface area contributed by atoms with Crippen molar-refractivity contribution < 1.29 is 5.11 Å². The fraction of sp³-hybridized carbons (Fsp3) is 0.357. The Balaban J connectivity index is 2.48. The van der Waals surface area contributed by atoms with Crippen LogP contribution in [0.15, 0.2) is 29.1 Å². The Morgan fingerprint density at radius 1 is 1.29 bits per heavy atom. The van der Waals surface area contributed by atoms with Crippen molar-refractivity contribution in [3.8, 4) is 5.75 Å². The van der Waals surface area contributed by atoms with E-state index in [9.17, 15) is 9.90 Å². The van der Waals surface area contributed by atoms with Crippen LogP contribution in [0.3, 0.4) is 0 Å². The van der Waals surface area contributed by atoms with E-state index in [1.807, 2.05) is 6.07 Å². The molecular formula is C14H17NO2. The number of rotatable bonds is 4. The first kappa shape index (κ1) is 11.7. The maximum absolute atomic E-state index is 11.5. The van der Waals surface area contributed by atoms with Gasteiger partial charge in [0.2, 0.25) is 5.56 Å². The number of aromatic nitrogens is 1. The second-order valence-corrected chi connectivity index (χ2v) is 4.32. The van der Waals surface area contributed by atoms with Gasteiger partial charge in [-0.25, -0.2) is 0 Å². The molecule has 90 valence electrons. The highest BCUT2D eigenvalue weighted by molar-refractivity contribution is 5.87. The summed E-state index contributed by atoms with van der Waals surface area (Å²) >= 11 is 0. The fourth-order valence-electron chi connectivity index (χ4n) is 2.14. The minimum absolute atomic E-state index is 0.102. The monoisotopic (exact) mass is 231 g/mol. The number of H-pyrrole nitrogens is 1. The third-order valence-electron chi connectivity index (χ3n) is 2.98. The third kappa shape index (κ3) is 2.49. The summed E-state index contributed by atoms with van der Waals surface area (Å²) < 4.78 is 0. The lowest BCUT2D eigenvalue weighted by molar-refractivity contribution is 0.481. The van der Waals surface area contributed by atoms with E-state index in [1.54, 1.807) is 18.2 Å². The number of hydrogen-bond donors (Lipinski definition) is 2. The molecule has 3 heteroatoms. The van der Waals surface area contributed by atoms with Crippen LogP contribution in [0.2, 0.25) is 0 Å². The summed E-state index contributed by atoms with van der Waals surface area (Å²) in [5.74, 6) is 0.241. The van der Waals surface area contributed by atoms with Crippen molar-refractivity contribution in [2.24, 2.45) is 0 Å². The summed E-state index contributed by atoms with van der Waals surface area (Å²) in [5, 5.41) is 10.7. The van der Waals surface area contributed by atoms with Gasteiger partial charge in [0.25, 0.3) is 0 Å². The predicted octanol–water partition coefficient (Wildman–Crippen LogP) is 2.97. The zero-order valence-corrected chi connectivity index (χ0v) is 9.99. The molecule has 0 unspecified atom stereocenters. The highest BCUT2D eigenvalue weighted by atomic mass is 16.3. The Bertz CT molecular complexity index is 572. The molecule has 0 saturated carbocycles. The van der Waals surface area contributed by atoms with E-state index >= 15 is 0 Å². The Morgan fingerprint density at radius 2 is 2.12 bits per heavy atom. The van der Waals surface area contributed by atoms with E-state index in [0.29, 0.717) is 5.52 Å². The minimum Gasteiger partial charge on any atom is -0.507 e. The van der Waals surface area contributed by atoms with E-state index in [-0.39, 0.29) is 11.3 Å². The van der Waals surface area contributed by atoms with Gasteiger partial charge in [0.05, 0.1) is 5.52 Å². The van der Waals surface area contributed by atoms with Gasteiger partial charge < -0.3 is 10.1 Å². The number of aromatic hydroxyl groups is 1. The molecule has 0 fully saturated rings. The molecule has 0 aliphatic rings. The molecule has 0 aliphatic heterocycles. The molecule has 0 spiro atoms. The highest BCUT2D eigenvalue weighted by Gasteiger charge is 2.07. The summed E-state index contributed by atoms with van der Waals surface area (Å²) in [5.41, 5.74) is 1.55. The smallest absolute Gasteiger partial charge is 0.248 e. The van der Waals surface area contributed by atoms with E-state index in [2.05, 4.69) is 11.9 Å². The van der Waals surface area contributed by atoms with E-state index in [1.165, 1.54) is 0 Å². The lowest BCUT2D eigenvalue weighted by Gasteiger charge is -2.07. The molecule has 1 aromatic carbocycles. The third-order valence-corrected chi connectivity index (χ3v) is 2.98. The number of hydrogen-bond acceptors (Lipinski definition) is 2. The number of phenolic OH excluding ortho intramolecular Hbond substituents is 1. The SMILES string of the molecule is CCCCCc1cc(=O)[nH]c2cccc(O)c12. The topological polar surface area (TPSA) is 53.1 Å². The molecule has 17 heavy (non-hydrogen) atoms. The Hall–Kier alpha value is -1.77. The standard InChI is InChI=1S/C14H17NO2/c1-2-3-4-6-10-9-13(17)15-11-7-5-8-12(16)14(10)11/h5,7-9,16H,2-4,6H2,1H3,(H,15,17). The lowest BCUT2D eigenvalue weighted by Crippen LogP contribution is -2.06. The van der Waals surface area contributed by atoms with Crippen molar-refractivity contribution in [1.82, 2.24) is 4.98 Å². The Labute approximate surface area is 100 Å². The van der Waals surface area contributed by atoms with E-state index in [4.69, 9.17) is 0 Å². The first-order valence-corrected chi connectivity index (χ1v) is 6.06. The summed E-state index contributed by atoms with van der Waals surface area (Å²) in [6.07, 6.45) is 4.17. The Morgan fingerprint density at radius 3 is 2.88 bits per heavy atom. The molecule has 0 amide bonds. The van der Waals surface area contributed by atoms with Crippen LogP contribution in [0.25, 0.3) is 10.9 Å². The average molecular weight is 231 g/mol. The van der Waals surface area contributed by atoms with Crippen LogP contribution < -0.4 is 5.56 Å². The van der Waals surface area contributed by atoms with Crippen molar-refractivity contribution >= 4 is 10.9 Å². The average Bonchev–Trinajstić information content (AvgIpc) is 2.28. The largest absolute Gasteiger partial charge is 0.507 e. The maximum atomic E-state index is 11.5. The first-order valence-electron chi connectivity index (χ1n) is 6.06. The zero-order valence-electron chi connectivity index (χ0n) is 9.99. The molecule has 0 bridgehead atoms. The normalized spacial score (nSPS) is 10.9. The van der Waals surface area contributed by atoms with E-state index in [0.717, 1.165) is 36.6 Å². The number of aromatic amines is 1. The molecule has 1 heterocycles. The van der Waals surface area contributed by atoms with Gasteiger partial charge in [-0.2, -0.15) is 0 Å². The van der Waals surface area contributed by atoms with Gasteiger partial charge >= 0.3 is 0 Å². The molecule has 0 atom stereocenters. The Kier molecular flexibility index (Phi) is 3.47. The maximum Gasteiger partial charge on any atom is 0.248 e. The van der Waals surface area contributed by atoms with Crippen molar-refractivity contribution in [3.63, 3.8) is 0 Å². The van der Waals surface area contributed by atoms with Crippen LogP contribution in [-0.2, 0) is 6.42 Å². The number of fused-ring (bicyclic) bond motifs is 1. The number of aryl methyl sites for hydroxylation is 1. The summed E-state index contributed by atoms with van der Waals surface area (Å²) in [7, 11) is 0. The van der Waals surface area contributed by atoms with Gasteiger partial charge in [-0.1, -0.05) is 25.8 Å². The molecule has 2 aromatic rings. The summed E-state index contributed by atoms with van der Waals surface area (Å²) in [6, 6.07) is 6.81. The molecular weight excluding hydrogens is 214 g/mol. The second-order valence-electron chi connectivity index (χ2n) is 4.32. The van der Waals surface area contributed by atoms with Gasteiger partial charge in [0.1, 0.15) is 5.75 Å². The van der Waals surface area contributed by atoms with Crippen LogP contribution in [-0.4, -0.2) is 10.1 Å². The summed E-state index contributed by atoms with van der Waals surface area (Å²) in [6.45, 7) is 2.15. The lowest BCUT2D eigenvalue weighted by atomic mass is 10.0. The second kappa shape index (κ2) is 5.04. The zero-order chi connectivity index (χ0) is 12.3. The molecule has 1 aromatic heterocycles. The quantitative estimate of drug-likeness (QED) is 0.795. The predicted molar refractivity (Wildman–Crippen MR) is 69.5 cm³/mol. The molecule has 0 radical (unpaired) electrons. The molecule has 0 aliphatic carbocycles. The first-order chi connectivity index (χ1) is 8.22. The number of pyridine rings is 1. The van der Waals surface area contributed by atoms with Crippen LogP contribution in [0, 0.1) is 0 Å². The van der Waals surface area contributed by atoms with Crippen molar-refractivity contribution in [2.75, 3.05) is 0 Å². The molecule has 3 nitrogen and oxygen atoms in total. The van der Waals surface area contributed by atoms with Gasteiger partial charge in [-0.05, 0) is 30.5 Å². The van der Waals surface area contributed by atoms with Crippen molar-refractivity contribution in [2.45, 2.75) is 32.6 Å². The van der Waals surface area contributed by atoms with Crippen molar-refractivity contribution in [1.29, 1.82) is 0 Å².